The number of fused-ring (bicyclic) bond motifs is 1. The molecule has 6 nitrogen and oxygen atoms in total. The molecule has 1 aliphatic carbocycles. The van der Waals surface area contributed by atoms with Gasteiger partial charge in [-0.1, -0.05) is 42.5 Å². The summed E-state index contributed by atoms with van der Waals surface area (Å²) in [5.41, 5.74) is 5.88. The minimum Gasteiger partial charge on any atom is -0.271 e. The average Bonchev–Trinajstić information content (AvgIpc) is 3.37. The molecule has 6 heteroatoms. The number of benzene rings is 3. The summed E-state index contributed by atoms with van der Waals surface area (Å²) < 4.78 is 0. The first-order valence-corrected chi connectivity index (χ1v) is 12.7. The van der Waals surface area contributed by atoms with E-state index in [1.54, 1.807) is 0 Å². The maximum Gasteiger partial charge on any atom is 0.261 e. The van der Waals surface area contributed by atoms with Crippen molar-refractivity contribution < 1.29 is 9.59 Å². The van der Waals surface area contributed by atoms with Gasteiger partial charge in [0.05, 0.1) is 22.8 Å². The molecule has 3 aromatic rings. The SMILES string of the molecule is CC1=NN(c2ccc(C)c(C)c2)C(=O)[C@@]12C(c1ccccc1)[C@@]21C(=O)N(c2ccc(C)c(C)c2)N=C1C. The number of rotatable bonds is 3. The van der Waals surface area contributed by atoms with Crippen molar-refractivity contribution in [2.45, 2.75) is 47.5 Å². The number of hydrogen-bond donors (Lipinski definition) is 0. The highest BCUT2D eigenvalue weighted by molar-refractivity contribution is 6.37. The van der Waals surface area contributed by atoms with Crippen molar-refractivity contribution in [1.82, 2.24) is 0 Å². The first-order valence-electron chi connectivity index (χ1n) is 12.7. The molecule has 2 amide bonds. The quantitative estimate of drug-likeness (QED) is 0.463. The second-order valence-corrected chi connectivity index (χ2v) is 10.6. The van der Waals surface area contributed by atoms with E-state index < -0.39 is 10.8 Å². The van der Waals surface area contributed by atoms with Crippen molar-refractivity contribution in [3.63, 3.8) is 0 Å². The van der Waals surface area contributed by atoms with Gasteiger partial charge in [0, 0.05) is 5.92 Å². The van der Waals surface area contributed by atoms with E-state index in [1.165, 1.54) is 10.0 Å². The van der Waals surface area contributed by atoms with Gasteiger partial charge in [-0.3, -0.25) is 9.59 Å². The van der Waals surface area contributed by atoms with Crippen LogP contribution in [-0.2, 0) is 9.59 Å². The normalized spacial score (nSPS) is 26.4. The molecule has 1 fully saturated rings. The molecule has 186 valence electrons. The number of amides is 2. The monoisotopic (exact) mass is 490 g/mol. The predicted molar refractivity (Wildman–Crippen MR) is 147 cm³/mol. The second-order valence-electron chi connectivity index (χ2n) is 10.6. The highest BCUT2D eigenvalue weighted by Gasteiger charge is 2.91. The minimum absolute atomic E-state index is 0.174. The molecule has 6 rings (SSSR count). The Morgan fingerprint density at radius 3 is 1.43 bits per heavy atom. The van der Waals surface area contributed by atoms with Crippen LogP contribution < -0.4 is 10.0 Å². The Kier molecular flexibility index (Phi) is 4.87. The molecule has 2 atom stereocenters. The lowest BCUT2D eigenvalue weighted by Gasteiger charge is -2.19. The zero-order valence-electron chi connectivity index (χ0n) is 22.0. The van der Waals surface area contributed by atoms with E-state index >= 15 is 0 Å². The molecule has 0 radical (unpaired) electrons. The van der Waals surface area contributed by atoms with Crippen LogP contribution in [0, 0.1) is 38.5 Å². The lowest BCUT2D eigenvalue weighted by atomic mass is 9.85. The number of carbonyl (C=O) groups excluding carboxylic acids is 2. The minimum atomic E-state index is -1.12. The van der Waals surface area contributed by atoms with Gasteiger partial charge in [0.15, 0.2) is 0 Å². The van der Waals surface area contributed by atoms with Crippen LogP contribution in [-0.4, -0.2) is 23.2 Å². The Bertz CT molecular complexity index is 1460. The number of anilines is 2. The molecular formula is C31H30N4O2. The van der Waals surface area contributed by atoms with Crippen LogP contribution in [0.5, 0.6) is 0 Å². The summed E-state index contributed by atoms with van der Waals surface area (Å²) in [6.07, 6.45) is 0. The Labute approximate surface area is 217 Å². The molecule has 2 aliphatic heterocycles. The smallest absolute Gasteiger partial charge is 0.261 e. The molecule has 0 bridgehead atoms. The molecular weight excluding hydrogens is 460 g/mol. The summed E-state index contributed by atoms with van der Waals surface area (Å²) in [5, 5.41) is 12.6. The van der Waals surface area contributed by atoms with E-state index in [2.05, 4.69) is 0 Å². The van der Waals surface area contributed by atoms with Crippen LogP contribution >= 0.6 is 0 Å². The maximum atomic E-state index is 14.5. The van der Waals surface area contributed by atoms with Crippen LogP contribution in [0.3, 0.4) is 0 Å². The average molecular weight is 491 g/mol. The highest BCUT2D eigenvalue weighted by Crippen LogP contribution is 2.79. The van der Waals surface area contributed by atoms with Gasteiger partial charge in [-0.15, -0.1) is 0 Å². The van der Waals surface area contributed by atoms with E-state index in [4.69, 9.17) is 10.2 Å². The van der Waals surface area contributed by atoms with Crippen molar-refractivity contribution in [3.8, 4) is 0 Å². The van der Waals surface area contributed by atoms with Crippen LogP contribution in [0.15, 0.2) is 76.9 Å². The third-order valence-corrected chi connectivity index (χ3v) is 8.71. The summed E-state index contributed by atoms with van der Waals surface area (Å²) in [5.74, 6) is -0.735. The van der Waals surface area contributed by atoms with Crippen molar-refractivity contribution in [2.24, 2.45) is 21.0 Å². The van der Waals surface area contributed by atoms with Gasteiger partial charge in [-0.2, -0.15) is 20.2 Å². The lowest BCUT2D eigenvalue weighted by Crippen LogP contribution is -2.40. The third-order valence-electron chi connectivity index (χ3n) is 8.71. The van der Waals surface area contributed by atoms with Crippen molar-refractivity contribution in [3.05, 3.63) is 94.5 Å². The summed E-state index contributed by atoms with van der Waals surface area (Å²) in [6.45, 7) is 11.9. The number of nitrogens with zero attached hydrogens (tertiary/aromatic N) is 4. The fourth-order valence-electron chi connectivity index (χ4n) is 6.45. The number of hydrazone groups is 2. The largest absolute Gasteiger partial charge is 0.271 e. The molecule has 0 N–H and O–H groups in total. The van der Waals surface area contributed by atoms with Crippen LogP contribution in [0.25, 0.3) is 0 Å². The van der Waals surface area contributed by atoms with Gasteiger partial charge in [0.2, 0.25) is 0 Å². The number of aryl methyl sites for hydroxylation is 4. The summed E-state index contributed by atoms with van der Waals surface area (Å²) >= 11 is 0. The van der Waals surface area contributed by atoms with Crippen LogP contribution in [0.4, 0.5) is 11.4 Å². The fraction of sp³-hybridized carbons (Fsp3) is 0.290. The van der Waals surface area contributed by atoms with Crippen molar-refractivity contribution in [2.75, 3.05) is 10.0 Å². The van der Waals surface area contributed by atoms with E-state index in [0.717, 1.165) is 27.8 Å². The zero-order chi connectivity index (χ0) is 26.3. The first kappa shape index (κ1) is 23.3. The Balaban J connectivity index is 1.51. The standard InChI is InChI=1S/C31H30N4O2/c1-18-12-14-25(16-20(18)3)34-28(36)30(22(5)32-34)27(24-10-8-7-9-11-24)31(30)23(6)33-35(29(31)37)26-15-13-19(2)21(4)17-26/h7-17,27H,1-6H3/t30-,31-/m0/s1. The summed E-state index contributed by atoms with van der Waals surface area (Å²) in [6, 6.07) is 21.7. The topological polar surface area (TPSA) is 65.3 Å². The molecule has 0 saturated heterocycles. The Morgan fingerprint density at radius 1 is 0.595 bits per heavy atom. The molecule has 3 aromatic carbocycles. The molecule has 1 saturated carbocycles. The van der Waals surface area contributed by atoms with E-state index in [1.807, 2.05) is 108 Å². The summed E-state index contributed by atoms with van der Waals surface area (Å²) in [7, 11) is 0. The second kappa shape index (κ2) is 7.72. The van der Waals surface area contributed by atoms with Crippen LogP contribution in [0.2, 0.25) is 0 Å². The van der Waals surface area contributed by atoms with Gasteiger partial charge in [-0.25, -0.2) is 0 Å². The zero-order valence-corrected chi connectivity index (χ0v) is 22.0. The Hall–Kier alpha value is -4.06. The van der Waals surface area contributed by atoms with Crippen molar-refractivity contribution >= 4 is 34.6 Å². The third kappa shape index (κ3) is 2.81. The first-order chi connectivity index (χ1) is 17.6. The maximum absolute atomic E-state index is 14.5. The lowest BCUT2D eigenvalue weighted by molar-refractivity contribution is -0.126. The van der Waals surface area contributed by atoms with E-state index in [-0.39, 0.29) is 17.7 Å². The van der Waals surface area contributed by atoms with Crippen molar-refractivity contribution in [1.29, 1.82) is 0 Å². The van der Waals surface area contributed by atoms with Crippen LogP contribution in [0.1, 0.15) is 47.6 Å². The molecule has 0 aromatic heterocycles. The van der Waals surface area contributed by atoms with E-state index in [9.17, 15) is 9.59 Å². The fourth-order valence-corrected chi connectivity index (χ4v) is 6.45. The highest BCUT2D eigenvalue weighted by atomic mass is 16.2. The molecule has 2 heterocycles. The predicted octanol–water partition coefficient (Wildman–Crippen LogP) is 5.84. The van der Waals surface area contributed by atoms with Gasteiger partial charge in [-0.05, 0) is 93.6 Å². The number of hydrogen-bond acceptors (Lipinski definition) is 4. The number of carbonyl (C=O) groups is 2. The summed E-state index contributed by atoms with van der Waals surface area (Å²) in [4.78, 5) is 28.9. The van der Waals surface area contributed by atoms with Gasteiger partial charge in [0.25, 0.3) is 11.8 Å². The molecule has 37 heavy (non-hydrogen) atoms. The van der Waals surface area contributed by atoms with Gasteiger partial charge in [0.1, 0.15) is 10.8 Å². The van der Waals surface area contributed by atoms with Gasteiger partial charge < -0.3 is 0 Å². The Morgan fingerprint density at radius 2 is 1.03 bits per heavy atom. The molecule has 3 aliphatic rings. The van der Waals surface area contributed by atoms with Gasteiger partial charge >= 0.3 is 0 Å². The molecule has 2 spiro atoms. The van der Waals surface area contributed by atoms with E-state index in [0.29, 0.717) is 22.8 Å². The molecule has 0 unspecified atom stereocenters.